The fraction of sp³-hybridized carbons (Fsp3) is 0.429. The highest BCUT2D eigenvalue weighted by Gasteiger charge is 2.41. The molecular formula is C28H33ClN4O6. The number of likely N-dealkylation sites (tertiary alicyclic amines) is 1. The smallest absolute Gasteiger partial charge is 0.310 e. The molecule has 2 aromatic carbocycles. The summed E-state index contributed by atoms with van der Waals surface area (Å²) < 4.78 is 11.1. The van der Waals surface area contributed by atoms with Crippen LogP contribution in [0.3, 0.4) is 0 Å². The fourth-order valence-electron chi connectivity index (χ4n) is 4.77. The van der Waals surface area contributed by atoms with Crippen LogP contribution >= 0.6 is 11.6 Å². The van der Waals surface area contributed by atoms with Crippen LogP contribution in [-0.4, -0.2) is 66.2 Å². The number of benzene rings is 2. The molecule has 3 amide bonds. The number of nitrogens with zero attached hydrogens (tertiary/aromatic N) is 1. The van der Waals surface area contributed by atoms with Crippen molar-refractivity contribution in [3.05, 3.63) is 64.7 Å². The Morgan fingerprint density at radius 1 is 1.21 bits per heavy atom. The van der Waals surface area contributed by atoms with E-state index in [2.05, 4.69) is 10.6 Å². The molecule has 2 heterocycles. The van der Waals surface area contributed by atoms with Gasteiger partial charge in [0.2, 0.25) is 18.1 Å². The van der Waals surface area contributed by atoms with E-state index < -0.39 is 36.3 Å². The van der Waals surface area contributed by atoms with Crippen LogP contribution in [0.1, 0.15) is 48.5 Å². The van der Waals surface area contributed by atoms with E-state index in [0.717, 1.165) is 12.8 Å². The molecule has 0 saturated carbocycles. The number of nitrogens with two attached hydrogens (primary N) is 1. The molecule has 2 aromatic rings. The van der Waals surface area contributed by atoms with Crippen molar-refractivity contribution in [1.29, 1.82) is 0 Å². The zero-order valence-electron chi connectivity index (χ0n) is 21.7. The summed E-state index contributed by atoms with van der Waals surface area (Å²) in [7, 11) is 0. The first-order valence-corrected chi connectivity index (χ1v) is 13.4. The lowest BCUT2D eigenvalue weighted by Crippen LogP contribution is -2.54. The Labute approximate surface area is 232 Å². The number of carbonyl (C=O) groups is 4. The number of aryl methyl sites for hydroxylation is 1. The monoisotopic (exact) mass is 556 g/mol. The molecule has 11 heteroatoms. The zero-order valence-corrected chi connectivity index (χ0v) is 22.5. The van der Waals surface area contributed by atoms with Gasteiger partial charge in [0, 0.05) is 12.1 Å². The molecule has 10 nitrogen and oxygen atoms in total. The van der Waals surface area contributed by atoms with Gasteiger partial charge in [0.1, 0.15) is 18.1 Å². The molecule has 2 aliphatic heterocycles. The van der Waals surface area contributed by atoms with Crippen molar-refractivity contribution < 1.29 is 28.7 Å². The summed E-state index contributed by atoms with van der Waals surface area (Å²) in [6, 6.07) is 12.2. The number of cyclic esters (lactones) is 1. The lowest BCUT2D eigenvalue weighted by molar-refractivity contribution is -0.165. The number of hydrogen-bond acceptors (Lipinski definition) is 7. The van der Waals surface area contributed by atoms with Crippen molar-refractivity contribution in [2.45, 2.75) is 63.4 Å². The number of amides is 3. The van der Waals surface area contributed by atoms with Crippen LogP contribution in [0, 0.1) is 0 Å². The van der Waals surface area contributed by atoms with E-state index in [0.29, 0.717) is 31.7 Å². The van der Waals surface area contributed by atoms with E-state index >= 15 is 0 Å². The molecule has 2 aliphatic rings. The SMILES string of the molecule is C[C@H](NC(=O)c1ccc(N)c(Cl)c1)C(=O)N1CCC[C@H]1C(=O)N[C@H]1CC(=O)O[C@H]1OCCCc1ccccc1. The summed E-state index contributed by atoms with van der Waals surface area (Å²) in [4.78, 5) is 52.4. The second-order valence-corrected chi connectivity index (χ2v) is 10.2. The number of halogens is 1. The van der Waals surface area contributed by atoms with Crippen LogP contribution in [0.25, 0.3) is 0 Å². The van der Waals surface area contributed by atoms with Crippen LogP contribution in [-0.2, 0) is 30.3 Å². The van der Waals surface area contributed by atoms with Gasteiger partial charge in [-0.05, 0) is 56.4 Å². The Hall–Kier alpha value is -3.63. The normalized spacial score (nSPS) is 21.3. The minimum Gasteiger partial charge on any atom is -0.433 e. The van der Waals surface area contributed by atoms with Gasteiger partial charge in [-0.1, -0.05) is 41.9 Å². The van der Waals surface area contributed by atoms with Gasteiger partial charge in [0.15, 0.2) is 0 Å². The summed E-state index contributed by atoms with van der Waals surface area (Å²) in [5.74, 6) is -1.69. The van der Waals surface area contributed by atoms with E-state index in [1.807, 2.05) is 30.3 Å². The molecule has 2 fully saturated rings. The highest BCUT2D eigenvalue weighted by molar-refractivity contribution is 6.33. The van der Waals surface area contributed by atoms with Crippen molar-refractivity contribution in [1.82, 2.24) is 15.5 Å². The minimum absolute atomic E-state index is 0.00757. The summed E-state index contributed by atoms with van der Waals surface area (Å²) in [6.45, 7) is 2.31. The summed E-state index contributed by atoms with van der Waals surface area (Å²) in [6.07, 6.45) is 1.76. The average molecular weight is 557 g/mol. The number of hydrogen-bond donors (Lipinski definition) is 3. The van der Waals surface area contributed by atoms with Crippen molar-refractivity contribution in [2.75, 3.05) is 18.9 Å². The van der Waals surface area contributed by atoms with Crippen LogP contribution in [0.4, 0.5) is 5.69 Å². The van der Waals surface area contributed by atoms with Crippen LogP contribution in [0.5, 0.6) is 0 Å². The van der Waals surface area contributed by atoms with Crippen molar-refractivity contribution in [2.24, 2.45) is 0 Å². The number of rotatable bonds is 10. The molecule has 0 spiro atoms. The molecule has 0 aromatic heterocycles. The molecule has 2 saturated heterocycles. The van der Waals surface area contributed by atoms with E-state index in [1.165, 1.54) is 28.7 Å². The third-order valence-corrected chi connectivity index (χ3v) is 7.17. The third kappa shape index (κ3) is 7.27. The predicted molar refractivity (Wildman–Crippen MR) is 145 cm³/mol. The standard InChI is InChI=1S/C28H33ClN4O6/c1-17(31-25(35)19-11-12-21(30)20(29)15-19)27(37)33-13-5-10-23(33)26(36)32-22-16-24(34)39-28(22)38-14-6-9-18-7-3-2-4-8-18/h2-4,7-8,11-12,15,17,22-23,28H,5-6,9-10,13-14,16,30H2,1H3,(H,31,35)(H,32,36)/t17-,22-,23-,28+/m0/s1. The quantitative estimate of drug-likeness (QED) is 0.232. The highest BCUT2D eigenvalue weighted by Crippen LogP contribution is 2.23. The van der Waals surface area contributed by atoms with E-state index in [-0.39, 0.29) is 28.8 Å². The molecule has 4 N–H and O–H groups in total. The summed E-state index contributed by atoms with van der Waals surface area (Å²) in [5.41, 5.74) is 7.49. The number of esters is 1. The minimum atomic E-state index is -0.882. The third-order valence-electron chi connectivity index (χ3n) is 6.84. The predicted octanol–water partition coefficient (Wildman–Crippen LogP) is 2.44. The number of carbonyl (C=O) groups excluding carboxylic acids is 4. The Bertz CT molecular complexity index is 1210. The molecule has 4 atom stereocenters. The lowest BCUT2D eigenvalue weighted by Gasteiger charge is -2.28. The lowest BCUT2D eigenvalue weighted by atomic mass is 10.1. The van der Waals surface area contributed by atoms with Crippen LogP contribution < -0.4 is 16.4 Å². The van der Waals surface area contributed by atoms with Gasteiger partial charge in [0.05, 0.1) is 23.7 Å². The topological polar surface area (TPSA) is 140 Å². The van der Waals surface area contributed by atoms with Gasteiger partial charge >= 0.3 is 5.97 Å². The molecule has 0 aliphatic carbocycles. The summed E-state index contributed by atoms with van der Waals surface area (Å²) in [5, 5.41) is 5.75. The second-order valence-electron chi connectivity index (χ2n) is 9.76. The maximum absolute atomic E-state index is 13.2. The maximum Gasteiger partial charge on any atom is 0.310 e. The van der Waals surface area contributed by atoms with E-state index in [4.69, 9.17) is 26.8 Å². The van der Waals surface area contributed by atoms with Gasteiger partial charge in [-0.15, -0.1) is 0 Å². The molecule has 0 bridgehead atoms. The summed E-state index contributed by atoms with van der Waals surface area (Å²) >= 11 is 6.00. The van der Waals surface area contributed by atoms with Crippen LogP contribution in [0.2, 0.25) is 5.02 Å². The first kappa shape index (κ1) is 28.4. The van der Waals surface area contributed by atoms with Gasteiger partial charge in [0.25, 0.3) is 5.91 Å². The number of nitrogens with one attached hydrogen (secondary N) is 2. The zero-order chi connectivity index (χ0) is 27.9. The van der Waals surface area contributed by atoms with Gasteiger partial charge < -0.3 is 30.7 Å². The molecular weight excluding hydrogens is 524 g/mol. The van der Waals surface area contributed by atoms with Crippen molar-refractivity contribution >= 4 is 41.0 Å². The Morgan fingerprint density at radius 3 is 2.72 bits per heavy atom. The molecule has 0 unspecified atom stereocenters. The molecule has 208 valence electrons. The number of anilines is 1. The Morgan fingerprint density at radius 2 is 1.97 bits per heavy atom. The van der Waals surface area contributed by atoms with Gasteiger partial charge in [-0.25, -0.2) is 0 Å². The molecule has 4 rings (SSSR count). The first-order chi connectivity index (χ1) is 18.7. The van der Waals surface area contributed by atoms with E-state index in [1.54, 1.807) is 6.92 Å². The Balaban J connectivity index is 1.29. The van der Waals surface area contributed by atoms with Crippen molar-refractivity contribution in [3.63, 3.8) is 0 Å². The average Bonchev–Trinajstić information content (AvgIpc) is 3.54. The van der Waals surface area contributed by atoms with Gasteiger partial charge in [-0.2, -0.15) is 0 Å². The number of ether oxygens (including phenoxy) is 2. The maximum atomic E-state index is 13.2. The number of nitrogen functional groups attached to an aromatic ring is 1. The molecule has 39 heavy (non-hydrogen) atoms. The fourth-order valence-corrected chi connectivity index (χ4v) is 4.95. The highest BCUT2D eigenvalue weighted by atomic mass is 35.5. The molecule has 0 radical (unpaired) electrons. The van der Waals surface area contributed by atoms with Crippen molar-refractivity contribution in [3.8, 4) is 0 Å². The second kappa shape index (κ2) is 12.9. The van der Waals surface area contributed by atoms with Crippen LogP contribution in [0.15, 0.2) is 48.5 Å². The van der Waals surface area contributed by atoms with Gasteiger partial charge in [-0.3, -0.25) is 19.2 Å². The Kier molecular flexibility index (Phi) is 9.42. The largest absolute Gasteiger partial charge is 0.433 e. The first-order valence-electron chi connectivity index (χ1n) is 13.0. The van der Waals surface area contributed by atoms with E-state index in [9.17, 15) is 19.2 Å².